The molecule has 0 heterocycles. The van der Waals surface area contributed by atoms with Gasteiger partial charge in [0.1, 0.15) is 0 Å². The molecule has 2 aliphatic carbocycles. The van der Waals surface area contributed by atoms with Gasteiger partial charge in [0.15, 0.2) is 0 Å². The third-order valence-electron chi connectivity index (χ3n) is 4.16. The molecule has 1 aromatic rings. The van der Waals surface area contributed by atoms with Crippen LogP contribution >= 0.6 is 0 Å². The standard InChI is InChI=1S/C10H9.C5H5.C2H6Si.Zr/c1-8-6-7-9-4-2-3-5-10(8)9;1-2-4-5-3-1;1-3-2;/h2-7H,1H3;1-5H;1-2H3;. The molecule has 1 atom stereocenters. The first-order chi connectivity index (χ1) is 9.18. The van der Waals surface area contributed by atoms with Crippen LogP contribution in [-0.2, 0) is 20.4 Å². The van der Waals surface area contributed by atoms with Crippen LogP contribution in [0.25, 0.3) is 5.57 Å². The number of fused-ring (bicyclic) bond motifs is 1. The minimum absolute atomic E-state index is 0.154. The molecule has 2 aliphatic rings. The second-order valence-corrected chi connectivity index (χ2v) is 23.9. The van der Waals surface area contributed by atoms with E-state index in [1.165, 1.54) is 11.1 Å². The van der Waals surface area contributed by atoms with Gasteiger partial charge in [-0.05, 0) is 0 Å². The molecule has 0 aromatic heterocycles. The van der Waals surface area contributed by atoms with Gasteiger partial charge in [-0.1, -0.05) is 0 Å². The Hall–Kier alpha value is -0.460. The number of benzene rings is 1. The van der Waals surface area contributed by atoms with Crippen molar-refractivity contribution in [3.8, 4) is 0 Å². The third-order valence-corrected chi connectivity index (χ3v) is 23.2. The van der Waals surface area contributed by atoms with Gasteiger partial charge in [0.2, 0.25) is 0 Å². The van der Waals surface area contributed by atoms with Gasteiger partial charge in [0.05, 0.1) is 0 Å². The summed E-state index contributed by atoms with van der Waals surface area (Å²) in [5, 5.41) is 0. The van der Waals surface area contributed by atoms with Gasteiger partial charge in [-0.15, -0.1) is 0 Å². The number of hydrogen-bond donors (Lipinski definition) is 0. The molecule has 96 valence electrons. The molecule has 0 radical (unpaired) electrons. The third kappa shape index (κ3) is 2.45. The summed E-state index contributed by atoms with van der Waals surface area (Å²) in [6.45, 7) is 7.38. The van der Waals surface area contributed by atoms with Crippen molar-refractivity contribution in [2.24, 2.45) is 0 Å². The van der Waals surface area contributed by atoms with Gasteiger partial charge in [-0.3, -0.25) is 0 Å². The Bertz CT molecular complexity index is 618. The summed E-state index contributed by atoms with van der Waals surface area (Å²) in [6, 6.07) is 9.08. The summed E-state index contributed by atoms with van der Waals surface area (Å²) >= 11 is -1.50. The number of hydrogen-bond acceptors (Lipinski definition) is 0. The molecule has 0 nitrogen and oxygen atoms in total. The maximum absolute atomic E-state index is 2.59. The molecule has 0 saturated carbocycles. The summed E-state index contributed by atoms with van der Waals surface area (Å²) in [5.74, 6) is 0. The molecular weight excluding hydrogens is 323 g/mol. The Balaban J connectivity index is 2.09. The van der Waals surface area contributed by atoms with Crippen LogP contribution in [0.3, 0.4) is 0 Å². The van der Waals surface area contributed by atoms with Crippen LogP contribution in [0.1, 0.15) is 21.7 Å². The van der Waals surface area contributed by atoms with Crippen LogP contribution in [0.5, 0.6) is 0 Å². The van der Waals surface area contributed by atoms with Crippen molar-refractivity contribution in [3.63, 3.8) is 0 Å². The summed E-state index contributed by atoms with van der Waals surface area (Å²) < 4.78 is 1.63. The van der Waals surface area contributed by atoms with Crippen molar-refractivity contribution in [2.45, 2.75) is 27.3 Å². The van der Waals surface area contributed by atoms with Crippen LogP contribution in [0.15, 0.2) is 54.6 Å². The zero-order valence-corrected chi connectivity index (χ0v) is 15.3. The number of rotatable bonds is 2. The van der Waals surface area contributed by atoms with Crippen LogP contribution in [0.4, 0.5) is 0 Å². The zero-order chi connectivity index (χ0) is 13.4. The Labute approximate surface area is 124 Å². The average Bonchev–Trinajstić information content (AvgIpc) is 3.00. The molecule has 0 spiro atoms. The molecule has 0 saturated heterocycles. The average molecular weight is 344 g/mol. The van der Waals surface area contributed by atoms with Crippen molar-refractivity contribution < 1.29 is 20.4 Å². The zero-order valence-electron chi connectivity index (χ0n) is 11.9. The first-order valence-electron chi connectivity index (χ1n) is 6.98. The van der Waals surface area contributed by atoms with E-state index < -0.39 is 20.4 Å². The fraction of sp³-hybridized carbons (Fsp3) is 0.294. The monoisotopic (exact) mass is 342 g/mol. The van der Waals surface area contributed by atoms with Crippen LogP contribution in [-0.4, -0.2) is 5.43 Å². The molecule has 0 fully saturated rings. The second-order valence-electron chi connectivity index (χ2n) is 5.67. The molecule has 2 heteroatoms. The molecule has 0 bridgehead atoms. The van der Waals surface area contributed by atoms with Gasteiger partial charge in [-0.2, -0.15) is 0 Å². The molecule has 1 unspecified atom stereocenters. The van der Waals surface area contributed by atoms with Gasteiger partial charge >= 0.3 is 124 Å². The predicted octanol–water partition coefficient (Wildman–Crippen LogP) is 4.93. The topological polar surface area (TPSA) is 0 Å². The van der Waals surface area contributed by atoms with E-state index in [2.05, 4.69) is 74.7 Å². The van der Waals surface area contributed by atoms with E-state index in [1.807, 2.05) is 0 Å². The second kappa shape index (κ2) is 5.50. The normalized spacial score (nSPS) is 20.6. The van der Waals surface area contributed by atoms with E-state index in [0.717, 1.165) is 7.25 Å². The van der Waals surface area contributed by atoms with E-state index in [4.69, 9.17) is 0 Å². The van der Waals surface area contributed by atoms with Crippen LogP contribution in [0, 0.1) is 0 Å². The van der Waals surface area contributed by atoms with E-state index in [1.54, 1.807) is 5.56 Å². The minimum atomic E-state index is -1.50. The number of allylic oxidation sites excluding steroid dienone is 6. The van der Waals surface area contributed by atoms with Crippen molar-refractivity contribution in [3.05, 3.63) is 65.8 Å². The molecular formula is C17H20SiZr. The van der Waals surface area contributed by atoms with Crippen LogP contribution < -0.4 is 0 Å². The summed E-state index contributed by atoms with van der Waals surface area (Å²) in [5.41, 5.74) is 4.50. The Kier molecular flexibility index (Phi) is 3.91. The molecule has 19 heavy (non-hydrogen) atoms. The molecule has 0 aliphatic heterocycles. The van der Waals surface area contributed by atoms with Crippen LogP contribution in [0.2, 0.25) is 16.7 Å². The molecule has 0 amide bonds. The Morgan fingerprint density at radius 3 is 2.42 bits per heavy atom. The van der Waals surface area contributed by atoms with Crippen molar-refractivity contribution in [1.82, 2.24) is 0 Å². The predicted molar refractivity (Wildman–Crippen MR) is 82.3 cm³/mol. The maximum atomic E-state index is 2.59. The van der Waals surface area contributed by atoms with Crippen molar-refractivity contribution >= 4 is 11.0 Å². The summed E-state index contributed by atoms with van der Waals surface area (Å²) in [7, 11) is 0. The van der Waals surface area contributed by atoms with Gasteiger partial charge in [-0.25, -0.2) is 0 Å². The van der Waals surface area contributed by atoms with Gasteiger partial charge < -0.3 is 0 Å². The van der Waals surface area contributed by atoms with E-state index >= 15 is 0 Å². The fourth-order valence-corrected chi connectivity index (χ4v) is 21.7. The van der Waals surface area contributed by atoms with Crippen molar-refractivity contribution in [1.29, 1.82) is 0 Å². The van der Waals surface area contributed by atoms with Gasteiger partial charge in [0, 0.05) is 0 Å². The van der Waals surface area contributed by atoms with E-state index in [0.29, 0.717) is 0 Å². The first kappa shape index (κ1) is 13.5. The summed E-state index contributed by atoms with van der Waals surface area (Å²) in [4.78, 5) is 0. The fourth-order valence-electron chi connectivity index (χ4n) is 3.31. The van der Waals surface area contributed by atoms with Gasteiger partial charge in [0.25, 0.3) is 0 Å². The Morgan fingerprint density at radius 1 is 1.05 bits per heavy atom. The van der Waals surface area contributed by atoms with Crippen molar-refractivity contribution in [2.75, 3.05) is 0 Å². The Morgan fingerprint density at radius 2 is 1.74 bits per heavy atom. The SMILES string of the molecule is CC1=C[CH]([Zr]([CH]2C=CC=C2)=[Si](C)C)c2ccccc21. The molecule has 0 N–H and O–H groups in total. The summed E-state index contributed by atoms with van der Waals surface area (Å²) in [6.07, 6.45) is 12.0. The molecule has 3 rings (SSSR count). The van der Waals surface area contributed by atoms with E-state index in [-0.39, 0.29) is 5.43 Å². The first-order valence-corrected chi connectivity index (χ1v) is 16.0. The molecule has 1 aromatic carbocycles. The quantitative estimate of drug-likeness (QED) is 0.668. The van der Waals surface area contributed by atoms with E-state index in [9.17, 15) is 0 Å².